The van der Waals surface area contributed by atoms with Crippen molar-refractivity contribution in [2.45, 2.75) is 24.8 Å². The number of hydrogen-bond acceptors (Lipinski definition) is 5. The minimum absolute atomic E-state index is 0.149. The van der Waals surface area contributed by atoms with Crippen molar-refractivity contribution >= 4 is 33.2 Å². The predicted molar refractivity (Wildman–Crippen MR) is 120 cm³/mol. The Bertz CT molecular complexity index is 1060. The largest absolute Gasteiger partial charge is 0.368 e. The van der Waals surface area contributed by atoms with Crippen LogP contribution in [-0.2, 0) is 17.1 Å². The Morgan fingerprint density at radius 2 is 1.84 bits per heavy atom. The Balaban J connectivity index is 1.53. The third-order valence-electron chi connectivity index (χ3n) is 5.99. The van der Waals surface area contributed by atoms with Gasteiger partial charge in [-0.2, -0.15) is 9.40 Å². The van der Waals surface area contributed by atoms with Gasteiger partial charge in [-0.25, -0.2) is 8.42 Å². The van der Waals surface area contributed by atoms with E-state index in [2.05, 4.69) is 16.9 Å². The molecule has 1 amide bonds. The van der Waals surface area contributed by atoms with Gasteiger partial charge in [0, 0.05) is 52.5 Å². The fourth-order valence-corrected chi connectivity index (χ4v) is 6.14. The number of carbonyl (C=O) groups is 1. The van der Waals surface area contributed by atoms with Crippen LogP contribution in [-0.4, -0.2) is 72.6 Å². The highest BCUT2D eigenvalue weighted by atomic mass is 35.5. The van der Waals surface area contributed by atoms with E-state index in [0.29, 0.717) is 50.2 Å². The normalized spacial score (nSPS) is 20.8. The van der Waals surface area contributed by atoms with Crippen LogP contribution < -0.4 is 4.90 Å². The van der Waals surface area contributed by atoms with Crippen LogP contribution in [0.2, 0.25) is 5.02 Å². The Morgan fingerprint density at radius 1 is 1.13 bits per heavy atom. The molecule has 8 nitrogen and oxygen atoms in total. The predicted octanol–water partition coefficient (Wildman–Crippen LogP) is 2.46. The first-order chi connectivity index (χ1) is 14.8. The monoisotopic (exact) mass is 465 g/mol. The molecule has 0 spiro atoms. The Hall–Kier alpha value is -2.10. The van der Waals surface area contributed by atoms with Gasteiger partial charge in [-0.05, 0) is 30.9 Å². The molecule has 2 aromatic rings. The molecule has 0 bridgehead atoms. The van der Waals surface area contributed by atoms with Gasteiger partial charge in [-0.15, -0.1) is 0 Å². The van der Waals surface area contributed by atoms with Crippen molar-refractivity contribution in [3.63, 3.8) is 0 Å². The van der Waals surface area contributed by atoms with E-state index in [9.17, 15) is 13.2 Å². The molecule has 1 aromatic carbocycles. The number of hydrogen-bond donors (Lipinski definition) is 0. The van der Waals surface area contributed by atoms with Crippen molar-refractivity contribution in [1.29, 1.82) is 0 Å². The molecule has 0 radical (unpaired) electrons. The fraction of sp³-hybridized carbons (Fsp3) is 0.524. The molecule has 0 N–H and O–H groups in total. The van der Waals surface area contributed by atoms with E-state index in [1.807, 2.05) is 24.3 Å². The van der Waals surface area contributed by atoms with Crippen molar-refractivity contribution in [3.05, 3.63) is 41.0 Å². The molecule has 0 saturated carbocycles. The maximum Gasteiger partial charge on any atom is 0.263 e. The maximum absolute atomic E-state index is 13.4. The summed E-state index contributed by atoms with van der Waals surface area (Å²) in [7, 11) is -2.25. The van der Waals surface area contributed by atoms with Crippen LogP contribution in [0.3, 0.4) is 0 Å². The van der Waals surface area contributed by atoms with Gasteiger partial charge < -0.3 is 9.80 Å². The molecule has 1 atom stereocenters. The summed E-state index contributed by atoms with van der Waals surface area (Å²) in [6.45, 7) is 5.04. The first-order valence-electron chi connectivity index (χ1n) is 10.6. The standard InChI is InChI=1S/C21H28ClN5O3S/c1-16-6-5-9-26(14-16)21(28)17-15-24(2)23-20(17)31(29,30)27-12-10-25(11-13-27)19-8-4-3-7-18(19)22/h3-4,7-8,15-16H,5-6,9-14H2,1-2H3/t16-/m1/s1. The zero-order valence-corrected chi connectivity index (χ0v) is 19.4. The number of piperazine rings is 1. The van der Waals surface area contributed by atoms with Gasteiger partial charge in [0.1, 0.15) is 0 Å². The number of aromatic nitrogens is 2. The van der Waals surface area contributed by atoms with Gasteiger partial charge in [0.25, 0.3) is 15.9 Å². The second-order valence-electron chi connectivity index (χ2n) is 8.36. The maximum atomic E-state index is 13.4. The number of nitrogens with zero attached hydrogens (tertiary/aromatic N) is 5. The molecule has 0 unspecified atom stereocenters. The van der Waals surface area contributed by atoms with Gasteiger partial charge in [-0.3, -0.25) is 9.48 Å². The van der Waals surface area contributed by atoms with Crippen LogP contribution in [0, 0.1) is 5.92 Å². The quantitative estimate of drug-likeness (QED) is 0.693. The number of aryl methyl sites for hydroxylation is 1. The van der Waals surface area contributed by atoms with Gasteiger partial charge in [0.2, 0.25) is 5.03 Å². The first kappa shape index (κ1) is 22.1. The number of halogens is 1. The van der Waals surface area contributed by atoms with E-state index < -0.39 is 10.0 Å². The van der Waals surface area contributed by atoms with Gasteiger partial charge in [0.15, 0.2) is 0 Å². The Labute approximate surface area is 188 Å². The average Bonchev–Trinajstić information content (AvgIpc) is 3.16. The molecule has 2 fully saturated rings. The second-order valence-corrected chi connectivity index (χ2v) is 10.6. The SMILES string of the molecule is C[C@@H]1CCCN(C(=O)c2cn(C)nc2S(=O)(=O)N2CCN(c3ccccc3Cl)CC2)C1. The molecule has 0 aliphatic carbocycles. The molecule has 31 heavy (non-hydrogen) atoms. The highest BCUT2D eigenvalue weighted by Gasteiger charge is 2.36. The van der Waals surface area contributed by atoms with Crippen LogP contribution in [0.15, 0.2) is 35.5 Å². The van der Waals surface area contributed by atoms with Crippen molar-refractivity contribution in [1.82, 2.24) is 19.0 Å². The molecule has 2 aliphatic rings. The average molecular weight is 466 g/mol. The highest BCUT2D eigenvalue weighted by Crippen LogP contribution is 2.28. The number of likely N-dealkylation sites (tertiary alicyclic amines) is 1. The molecular weight excluding hydrogens is 438 g/mol. The van der Waals surface area contributed by atoms with Gasteiger partial charge in [-0.1, -0.05) is 30.7 Å². The summed E-state index contributed by atoms with van der Waals surface area (Å²) < 4.78 is 29.7. The Kier molecular flexibility index (Phi) is 6.27. The summed E-state index contributed by atoms with van der Waals surface area (Å²) >= 11 is 6.29. The lowest BCUT2D eigenvalue weighted by Gasteiger charge is -2.35. The summed E-state index contributed by atoms with van der Waals surface area (Å²) in [4.78, 5) is 17.0. The summed E-state index contributed by atoms with van der Waals surface area (Å²) in [6.07, 6.45) is 3.53. The van der Waals surface area contributed by atoms with E-state index in [1.165, 1.54) is 15.2 Å². The summed E-state index contributed by atoms with van der Waals surface area (Å²) in [6, 6.07) is 7.54. The van der Waals surface area contributed by atoms with Crippen molar-refractivity contribution in [2.24, 2.45) is 13.0 Å². The molecular formula is C21H28ClN5O3S. The van der Waals surface area contributed by atoms with Gasteiger partial charge >= 0.3 is 0 Å². The number of piperidine rings is 1. The lowest BCUT2D eigenvalue weighted by molar-refractivity contribution is 0.0679. The highest BCUT2D eigenvalue weighted by molar-refractivity contribution is 7.89. The third-order valence-corrected chi connectivity index (χ3v) is 8.14. The first-order valence-corrected chi connectivity index (χ1v) is 12.4. The van der Waals surface area contributed by atoms with Crippen molar-refractivity contribution in [3.8, 4) is 0 Å². The zero-order chi connectivity index (χ0) is 22.2. The topological polar surface area (TPSA) is 78.8 Å². The minimum atomic E-state index is -3.89. The van der Waals surface area contributed by atoms with Crippen molar-refractivity contribution < 1.29 is 13.2 Å². The second kappa shape index (κ2) is 8.80. The zero-order valence-electron chi connectivity index (χ0n) is 17.9. The molecule has 10 heteroatoms. The number of anilines is 1. The molecule has 3 heterocycles. The van der Waals surface area contributed by atoms with Crippen LogP contribution in [0.25, 0.3) is 0 Å². The van der Waals surface area contributed by atoms with E-state index in [-0.39, 0.29) is 16.5 Å². The van der Waals surface area contributed by atoms with E-state index in [4.69, 9.17) is 11.6 Å². The number of rotatable bonds is 4. The smallest absolute Gasteiger partial charge is 0.263 e. The van der Waals surface area contributed by atoms with Crippen LogP contribution >= 0.6 is 11.6 Å². The molecule has 1 aromatic heterocycles. The van der Waals surface area contributed by atoms with Crippen LogP contribution in [0.1, 0.15) is 30.1 Å². The fourth-order valence-electron chi connectivity index (χ4n) is 4.35. The van der Waals surface area contributed by atoms with E-state index >= 15 is 0 Å². The summed E-state index contributed by atoms with van der Waals surface area (Å²) in [5, 5.41) is 4.69. The van der Waals surface area contributed by atoms with E-state index in [0.717, 1.165) is 18.5 Å². The molecule has 2 saturated heterocycles. The van der Waals surface area contributed by atoms with Gasteiger partial charge in [0.05, 0.1) is 16.3 Å². The van der Waals surface area contributed by atoms with E-state index in [1.54, 1.807) is 11.9 Å². The summed E-state index contributed by atoms with van der Waals surface area (Å²) in [5.41, 5.74) is 1.05. The third kappa shape index (κ3) is 4.44. The lowest BCUT2D eigenvalue weighted by Crippen LogP contribution is -2.49. The number of para-hydroxylation sites is 1. The number of amides is 1. The van der Waals surface area contributed by atoms with Crippen molar-refractivity contribution in [2.75, 3.05) is 44.2 Å². The summed E-state index contributed by atoms with van der Waals surface area (Å²) in [5.74, 6) is 0.153. The van der Waals surface area contributed by atoms with Crippen LogP contribution in [0.5, 0.6) is 0 Å². The number of sulfonamides is 1. The molecule has 4 rings (SSSR count). The minimum Gasteiger partial charge on any atom is -0.368 e. The number of benzene rings is 1. The lowest BCUT2D eigenvalue weighted by atomic mass is 10.00. The van der Waals surface area contributed by atoms with Crippen LogP contribution in [0.4, 0.5) is 5.69 Å². The number of carbonyl (C=O) groups excluding carboxylic acids is 1. The Morgan fingerprint density at radius 3 is 2.52 bits per heavy atom. The molecule has 2 aliphatic heterocycles. The molecule has 168 valence electrons.